The van der Waals surface area contributed by atoms with Crippen LogP contribution in [0.2, 0.25) is 0 Å². The SMILES string of the molecule is NC(c1ccsc1)c1cccc2c1OCC2. The smallest absolute Gasteiger partial charge is 0.127 e. The van der Waals surface area contributed by atoms with E-state index in [4.69, 9.17) is 10.5 Å². The highest BCUT2D eigenvalue weighted by Crippen LogP contribution is 2.35. The minimum Gasteiger partial charge on any atom is -0.493 e. The molecule has 1 aliphatic heterocycles. The van der Waals surface area contributed by atoms with E-state index in [1.54, 1.807) is 11.3 Å². The maximum absolute atomic E-state index is 6.26. The zero-order valence-corrected chi connectivity index (χ0v) is 9.67. The number of fused-ring (bicyclic) bond motifs is 1. The number of benzene rings is 1. The second-order valence-corrected chi connectivity index (χ2v) is 4.75. The Morgan fingerprint density at radius 2 is 2.25 bits per heavy atom. The fourth-order valence-electron chi connectivity index (χ4n) is 2.12. The molecule has 0 bridgehead atoms. The van der Waals surface area contributed by atoms with Crippen LogP contribution < -0.4 is 10.5 Å². The van der Waals surface area contributed by atoms with Gasteiger partial charge in [-0.2, -0.15) is 11.3 Å². The van der Waals surface area contributed by atoms with Crippen molar-refractivity contribution in [3.63, 3.8) is 0 Å². The lowest BCUT2D eigenvalue weighted by Crippen LogP contribution is -2.11. The van der Waals surface area contributed by atoms with Gasteiger partial charge in [0.15, 0.2) is 0 Å². The Labute approximate surface area is 98.7 Å². The van der Waals surface area contributed by atoms with Crippen LogP contribution in [0.3, 0.4) is 0 Å². The molecule has 3 heteroatoms. The van der Waals surface area contributed by atoms with Gasteiger partial charge in [0.25, 0.3) is 0 Å². The molecule has 0 radical (unpaired) electrons. The maximum atomic E-state index is 6.26. The molecule has 0 saturated carbocycles. The zero-order valence-electron chi connectivity index (χ0n) is 8.85. The summed E-state index contributed by atoms with van der Waals surface area (Å²) in [4.78, 5) is 0. The van der Waals surface area contributed by atoms with Gasteiger partial charge in [0.1, 0.15) is 5.75 Å². The fraction of sp³-hybridized carbons (Fsp3) is 0.231. The highest BCUT2D eigenvalue weighted by Gasteiger charge is 2.20. The van der Waals surface area contributed by atoms with Crippen LogP contribution in [-0.2, 0) is 6.42 Å². The molecular weight excluding hydrogens is 218 g/mol. The Bertz CT molecular complexity index is 493. The van der Waals surface area contributed by atoms with Crippen LogP contribution in [0, 0.1) is 0 Å². The van der Waals surface area contributed by atoms with Gasteiger partial charge in [0, 0.05) is 12.0 Å². The summed E-state index contributed by atoms with van der Waals surface area (Å²) < 4.78 is 5.67. The molecule has 2 heterocycles. The van der Waals surface area contributed by atoms with Gasteiger partial charge < -0.3 is 10.5 Å². The van der Waals surface area contributed by atoms with Crippen molar-refractivity contribution < 1.29 is 4.74 Å². The summed E-state index contributed by atoms with van der Waals surface area (Å²) in [5, 5.41) is 4.15. The summed E-state index contributed by atoms with van der Waals surface area (Å²) in [6.07, 6.45) is 1.000. The third kappa shape index (κ3) is 1.52. The number of nitrogens with two attached hydrogens (primary N) is 1. The van der Waals surface area contributed by atoms with E-state index in [9.17, 15) is 0 Å². The van der Waals surface area contributed by atoms with Crippen molar-refractivity contribution in [1.29, 1.82) is 0 Å². The summed E-state index contributed by atoms with van der Waals surface area (Å²) >= 11 is 1.68. The Morgan fingerprint density at radius 1 is 1.31 bits per heavy atom. The molecule has 3 rings (SSSR count). The van der Waals surface area contributed by atoms with E-state index in [1.165, 1.54) is 5.56 Å². The van der Waals surface area contributed by atoms with E-state index < -0.39 is 0 Å². The van der Waals surface area contributed by atoms with Gasteiger partial charge in [-0.3, -0.25) is 0 Å². The average Bonchev–Trinajstić information content (AvgIpc) is 2.98. The fourth-order valence-corrected chi connectivity index (χ4v) is 2.81. The Hall–Kier alpha value is -1.32. The first-order valence-electron chi connectivity index (χ1n) is 5.38. The monoisotopic (exact) mass is 231 g/mol. The topological polar surface area (TPSA) is 35.2 Å². The van der Waals surface area contributed by atoms with Crippen molar-refractivity contribution in [3.8, 4) is 5.75 Å². The number of thiophene rings is 1. The van der Waals surface area contributed by atoms with Crippen LogP contribution in [-0.4, -0.2) is 6.61 Å². The molecule has 0 aliphatic carbocycles. The molecule has 1 aromatic heterocycles. The molecule has 2 N–H and O–H groups in total. The number of rotatable bonds is 2. The van der Waals surface area contributed by atoms with Crippen LogP contribution in [0.4, 0.5) is 0 Å². The van der Waals surface area contributed by atoms with Crippen molar-refractivity contribution in [2.24, 2.45) is 5.73 Å². The number of hydrogen-bond donors (Lipinski definition) is 1. The molecule has 82 valence electrons. The largest absolute Gasteiger partial charge is 0.493 e. The van der Waals surface area contributed by atoms with E-state index in [0.717, 1.165) is 29.9 Å². The normalized spacial score (nSPS) is 15.6. The summed E-state index contributed by atoms with van der Waals surface area (Å²) in [5.41, 5.74) is 9.81. The van der Waals surface area contributed by atoms with Crippen LogP contribution in [0.5, 0.6) is 5.75 Å². The second kappa shape index (κ2) is 3.92. The molecular formula is C13H13NOS. The number of hydrogen-bond acceptors (Lipinski definition) is 3. The first kappa shape index (κ1) is 9.87. The van der Waals surface area contributed by atoms with Gasteiger partial charge in [-0.15, -0.1) is 0 Å². The molecule has 0 fully saturated rings. The lowest BCUT2D eigenvalue weighted by atomic mass is 9.98. The summed E-state index contributed by atoms with van der Waals surface area (Å²) in [6.45, 7) is 0.780. The number of para-hydroxylation sites is 1. The van der Waals surface area contributed by atoms with Gasteiger partial charge in [-0.25, -0.2) is 0 Å². The highest BCUT2D eigenvalue weighted by molar-refractivity contribution is 7.08. The van der Waals surface area contributed by atoms with E-state index in [2.05, 4.69) is 35.0 Å². The molecule has 1 unspecified atom stereocenters. The summed E-state index contributed by atoms with van der Waals surface area (Å²) in [6, 6.07) is 8.25. The molecule has 0 spiro atoms. The summed E-state index contributed by atoms with van der Waals surface area (Å²) in [7, 11) is 0. The molecule has 0 saturated heterocycles. The average molecular weight is 231 g/mol. The van der Waals surface area contributed by atoms with Crippen LogP contribution in [0.1, 0.15) is 22.7 Å². The van der Waals surface area contributed by atoms with E-state index in [1.807, 2.05) is 0 Å². The van der Waals surface area contributed by atoms with Crippen LogP contribution in [0.25, 0.3) is 0 Å². The molecule has 1 atom stereocenters. The molecule has 16 heavy (non-hydrogen) atoms. The highest BCUT2D eigenvalue weighted by atomic mass is 32.1. The van der Waals surface area contributed by atoms with E-state index in [-0.39, 0.29) is 6.04 Å². The van der Waals surface area contributed by atoms with Crippen molar-refractivity contribution in [1.82, 2.24) is 0 Å². The third-order valence-corrected chi connectivity index (χ3v) is 3.68. The van der Waals surface area contributed by atoms with E-state index >= 15 is 0 Å². The van der Waals surface area contributed by atoms with Crippen molar-refractivity contribution in [2.75, 3.05) is 6.61 Å². The van der Waals surface area contributed by atoms with Crippen LogP contribution in [0.15, 0.2) is 35.0 Å². The Balaban J connectivity index is 2.04. The lowest BCUT2D eigenvalue weighted by molar-refractivity contribution is 0.352. The third-order valence-electron chi connectivity index (χ3n) is 2.98. The molecule has 2 aromatic rings. The van der Waals surface area contributed by atoms with Gasteiger partial charge in [-0.1, -0.05) is 18.2 Å². The van der Waals surface area contributed by atoms with Gasteiger partial charge >= 0.3 is 0 Å². The van der Waals surface area contributed by atoms with Crippen molar-refractivity contribution in [2.45, 2.75) is 12.5 Å². The predicted octanol–water partition coefficient (Wildman–Crippen LogP) is 2.73. The zero-order chi connectivity index (χ0) is 11.0. The summed E-state index contributed by atoms with van der Waals surface area (Å²) in [5.74, 6) is 1.00. The second-order valence-electron chi connectivity index (χ2n) is 3.97. The number of ether oxygens (including phenoxy) is 1. The molecule has 1 aromatic carbocycles. The Morgan fingerprint density at radius 3 is 3.06 bits per heavy atom. The molecule has 2 nitrogen and oxygen atoms in total. The first-order valence-corrected chi connectivity index (χ1v) is 6.33. The maximum Gasteiger partial charge on any atom is 0.127 e. The minimum absolute atomic E-state index is 0.0701. The predicted molar refractivity (Wildman–Crippen MR) is 66.0 cm³/mol. The first-order chi connectivity index (χ1) is 7.86. The minimum atomic E-state index is -0.0701. The molecule has 0 amide bonds. The van der Waals surface area contributed by atoms with Gasteiger partial charge in [-0.05, 0) is 28.0 Å². The quantitative estimate of drug-likeness (QED) is 0.862. The molecule has 1 aliphatic rings. The van der Waals surface area contributed by atoms with Gasteiger partial charge in [0.2, 0.25) is 0 Å². The van der Waals surface area contributed by atoms with Gasteiger partial charge in [0.05, 0.1) is 12.6 Å². The standard InChI is InChI=1S/C13H13NOS/c14-12(10-5-7-16-8-10)11-3-1-2-9-4-6-15-13(9)11/h1-3,5,7-8,12H,4,6,14H2. The lowest BCUT2D eigenvalue weighted by Gasteiger charge is -2.14. The van der Waals surface area contributed by atoms with Crippen LogP contribution >= 0.6 is 11.3 Å². The van der Waals surface area contributed by atoms with Crippen molar-refractivity contribution >= 4 is 11.3 Å². The van der Waals surface area contributed by atoms with E-state index in [0.29, 0.717) is 0 Å². The van der Waals surface area contributed by atoms with Crippen molar-refractivity contribution in [3.05, 3.63) is 51.7 Å². The Kier molecular flexibility index (Phi) is 2.42.